The number of rotatable bonds is 10. The lowest BCUT2D eigenvalue weighted by atomic mass is 10.2. The van der Waals surface area contributed by atoms with Crippen LogP contribution < -0.4 is 20.3 Å². The van der Waals surface area contributed by atoms with Crippen LogP contribution in [-0.4, -0.2) is 60.8 Å². The number of thioether (sulfide) groups is 1. The number of esters is 1. The number of hydrogen-bond donors (Lipinski definition) is 1. The largest absolute Gasteiger partial charge is 0.493 e. The Labute approximate surface area is 172 Å². The van der Waals surface area contributed by atoms with E-state index in [0.29, 0.717) is 34.6 Å². The number of aryl methyl sites for hydroxylation is 1. The van der Waals surface area contributed by atoms with Gasteiger partial charge in [-0.1, -0.05) is 0 Å². The molecule has 1 amide bonds. The van der Waals surface area contributed by atoms with Gasteiger partial charge in [0.05, 0.1) is 38.6 Å². The summed E-state index contributed by atoms with van der Waals surface area (Å²) in [5, 5.41) is 3.02. The predicted octanol–water partition coefficient (Wildman–Crippen LogP) is 1.21. The summed E-state index contributed by atoms with van der Waals surface area (Å²) < 4.78 is 16.5. The highest BCUT2D eigenvalue weighted by Crippen LogP contribution is 2.29. The Hall–Kier alpha value is -2.75. The summed E-state index contributed by atoms with van der Waals surface area (Å²) in [5.74, 6) is 0.769. The van der Waals surface area contributed by atoms with Crippen LogP contribution >= 0.6 is 11.8 Å². The number of carbonyl (C=O) groups is 2. The van der Waals surface area contributed by atoms with Gasteiger partial charge >= 0.3 is 5.97 Å². The van der Waals surface area contributed by atoms with Gasteiger partial charge in [-0.2, -0.15) is 11.8 Å². The lowest BCUT2D eigenvalue weighted by Gasteiger charge is -2.16. The molecule has 1 aromatic heterocycles. The molecule has 158 valence electrons. The van der Waals surface area contributed by atoms with E-state index in [1.807, 2.05) is 6.26 Å². The zero-order valence-corrected chi connectivity index (χ0v) is 17.7. The zero-order valence-electron chi connectivity index (χ0n) is 16.9. The van der Waals surface area contributed by atoms with Gasteiger partial charge in [-0.3, -0.25) is 14.2 Å². The van der Waals surface area contributed by atoms with E-state index in [9.17, 15) is 14.4 Å². The second-order valence-electron chi connectivity index (χ2n) is 6.14. The van der Waals surface area contributed by atoms with Crippen LogP contribution in [0.5, 0.6) is 11.5 Å². The minimum Gasteiger partial charge on any atom is -0.493 e. The highest BCUT2D eigenvalue weighted by Gasteiger charge is 2.21. The van der Waals surface area contributed by atoms with E-state index < -0.39 is 12.0 Å². The van der Waals surface area contributed by atoms with Crippen molar-refractivity contribution in [3.05, 3.63) is 28.8 Å². The van der Waals surface area contributed by atoms with Crippen LogP contribution in [0.1, 0.15) is 12.8 Å². The smallest absolute Gasteiger partial charge is 0.328 e. The van der Waals surface area contributed by atoms with Crippen molar-refractivity contribution in [2.45, 2.75) is 25.4 Å². The van der Waals surface area contributed by atoms with Crippen LogP contribution in [0.4, 0.5) is 0 Å². The molecule has 2 aromatic rings. The Morgan fingerprint density at radius 2 is 1.90 bits per heavy atom. The number of nitrogens with zero attached hydrogens (tertiary/aromatic N) is 2. The van der Waals surface area contributed by atoms with E-state index in [4.69, 9.17) is 14.2 Å². The van der Waals surface area contributed by atoms with Crippen molar-refractivity contribution in [3.63, 3.8) is 0 Å². The molecule has 9 nitrogen and oxygen atoms in total. The molecule has 0 fully saturated rings. The van der Waals surface area contributed by atoms with Gasteiger partial charge in [-0.05, 0) is 24.5 Å². The average molecular weight is 423 g/mol. The van der Waals surface area contributed by atoms with Crippen LogP contribution in [0.15, 0.2) is 23.3 Å². The molecule has 0 saturated heterocycles. The van der Waals surface area contributed by atoms with Crippen LogP contribution in [-0.2, 0) is 20.9 Å². The standard InChI is InChI=1S/C19H25N3O6S/c1-26-15-9-12-14(10-16(15)27-2)20-11-22(18(12)24)7-5-17(23)21-13(6-8-29-4)19(25)28-3/h9-11,13H,5-8H2,1-4H3,(H,21,23). The summed E-state index contributed by atoms with van der Waals surface area (Å²) in [7, 11) is 4.27. The second-order valence-corrected chi connectivity index (χ2v) is 7.13. The maximum atomic E-state index is 12.7. The van der Waals surface area contributed by atoms with Gasteiger partial charge in [-0.15, -0.1) is 0 Å². The topological polar surface area (TPSA) is 109 Å². The molecule has 1 atom stereocenters. The number of carbonyl (C=O) groups excluding carboxylic acids is 2. The first kappa shape index (κ1) is 22.5. The molecule has 1 heterocycles. The Balaban J connectivity index is 2.13. The minimum absolute atomic E-state index is 0.0210. The number of benzene rings is 1. The quantitative estimate of drug-likeness (QED) is 0.568. The van der Waals surface area contributed by atoms with Crippen molar-refractivity contribution in [2.75, 3.05) is 33.3 Å². The Kier molecular flexibility index (Phi) is 8.32. The monoisotopic (exact) mass is 423 g/mol. The van der Waals surface area contributed by atoms with Gasteiger partial charge in [-0.25, -0.2) is 9.78 Å². The van der Waals surface area contributed by atoms with Crippen LogP contribution in [0.2, 0.25) is 0 Å². The molecule has 0 aliphatic rings. The maximum absolute atomic E-state index is 12.7. The fourth-order valence-electron chi connectivity index (χ4n) is 2.76. The third-order valence-electron chi connectivity index (χ3n) is 4.34. The predicted molar refractivity (Wildman–Crippen MR) is 111 cm³/mol. The van der Waals surface area contributed by atoms with Crippen molar-refractivity contribution in [1.29, 1.82) is 0 Å². The molecular formula is C19H25N3O6S. The van der Waals surface area contributed by atoms with Crippen molar-refractivity contribution >= 4 is 34.5 Å². The fraction of sp³-hybridized carbons (Fsp3) is 0.474. The third kappa shape index (κ3) is 5.63. The summed E-state index contributed by atoms with van der Waals surface area (Å²) in [6.07, 6.45) is 3.79. The Morgan fingerprint density at radius 3 is 2.52 bits per heavy atom. The first-order valence-corrected chi connectivity index (χ1v) is 10.3. The summed E-state index contributed by atoms with van der Waals surface area (Å²) in [6, 6.07) is 2.48. The number of hydrogen-bond acceptors (Lipinski definition) is 8. The molecule has 10 heteroatoms. The van der Waals surface area contributed by atoms with E-state index in [-0.39, 0.29) is 24.4 Å². The minimum atomic E-state index is -0.705. The number of methoxy groups -OCH3 is 3. The molecule has 29 heavy (non-hydrogen) atoms. The van der Waals surface area contributed by atoms with E-state index in [0.717, 1.165) is 0 Å². The van der Waals surface area contributed by atoms with Crippen molar-refractivity contribution in [1.82, 2.24) is 14.9 Å². The molecule has 0 spiro atoms. The molecule has 1 unspecified atom stereocenters. The van der Waals surface area contributed by atoms with Crippen molar-refractivity contribution in [2.24, 2.45) is 0 Å². The van der Waals surface area contributed by atoms with Crippen LogP contribution in [0.3, 0.4) is 0 Å². The van der Waals surface area contributed by atoms with Gasteiger partial charge in [0, 0.05) is 19.0 Å². The number of nitrogens with one attached hydrogen (secondary N) is 1. The maximum Gasteiger partial charge on any atom is 0.328 e. The highest BCUT2D eigenvalue weighted by atomic mass is 32.2. The summed E-state index contributed by atoms with van der Waals surface area (Å²) >= 11 is 1.57. The first-order chi connectivity index (χ1) is 13.9. The normalized spacial score (nSPS) is 11.7. The van der Waals surface area contributed by atoms with Gasteiger partial charge in [0.2, 0.25) is 5.91 Å². The summed E-state index contributed by atoms with van der Waals surface area (Å²) in [6.45, 7) is 0.123. The molecule has 0 radical (unpaired) electrons. The molecule has 0 aliphatic heterocycles. The molecule has 2 rings (SSSR count). The Bertz CT molecular complexity index is 930. The van der Waals surface area contributed by atoms with Crippen LogP contribution in [0, 0.1) is 0 Å². The van der Waals surface area contributed by atoms with Gasteiger partial charge < -0.3 is 19.5 Å². The van der Waals surface area contributed by atoms with E-state index >= 15 is 0 Å². The lowest BCUT2D eigenvalue weighted by Crippen LogP contribution is -2.42. The Morgan fingerprint density at radius 1 is 1.21 bits per heavy atom. The summed E-state index contributed by atoms with van der Waals surface area (Å²) in [4.78, 5) is 41.1. The number of amides is 1. The van der Waals surface area contributed by atoms with E-state index in [1.54, 1.807) is 23.9 Å². The second kappa shape index (κ2) is 10.7. The molecule has 1 N–H and O–H groups in total. The molecule has 0 aliphatic carbocycles. The number of ether oxygens (including phenoxy) is 3. The summed E-state index contributed by atoms with van der Waals surface area (Å²) in [5.41, 5.74) is 0.173. The highest BCUT2D eigenvalue weighted by molar-refractivity contribution is 7.98. The molecular weight excluding hydrogens is 398 g/mol. The van der Waals surface area contributed by atoms with Gasteiger partial charge in [0.1, 0.15) is 6.04 Å². The SMILES string of the molecule is COC(=O)C(CCSC)NC(=O)CCn1cnc2cc(OC)c(OC)cc2c1=O. The first-order valence-electron chi connectivity index (χ1n) is 8.92. The van der Waals surface area contributed by atoms with E-state index in [2.05, 4.69) is 10.3 Å². The fourth-order valence-corrected chi connectivity index (χ4v) is 3.23. The van der Waals surface area contributed by atoms with E-state index in [1.165, 1.54) is 32.2 Å². The number of fused-ring (bicyclic) bond motifs is 1. The lowest BCUT2D eigenvalue weighted by molar-refractivity contribution is -0.145. The van der Waals surface area contributed by atoms with Gasteiger partial charge in [0.15, 0.2) is 11.5 Å². The van der Waals surface area contributed by atoms with Crippen molar-refractivity contribution in [3.8, 4) is 11.5 Å². The number of aromatic nitrogens is 2. The molecule has 1 aromatic carbocycles. The zero-order chi connectivity index (χ0) is 21.4. The van der Waals surface area contributed by atoms with Crippen LogP contribution in [0.25, 0.3) is 10.9 Å². The third-order valence-corrected chi connectivity index (χ3v) is 4.98. The molecule has 0 bridgehead atoms. The van der Waals surface area contributed by atoms with Gasteiger partial charge in [0.25, 0.3) is 5.56 Å². The van der Waals surface area contributed by atoms with Crippen molar-refractivity contribution < 1.29 is 23.8 Å². The molecule has 0 saturated carbocycles. The average Bonchev–Trinajstić information content (AvgIpc) is 2.74.